The molecule has 1 saturated carbocycles. The average molecular weight is 231 g/mol. The van der Waals surface area contributed by atoms with Crippen LogP contribution in [0.4, 0.5) is 0 Å². The zero-order valence-corrected chi connectivity index (χ0v) is 11.5. The Labute approximate surface area is 106 Å². The van der Waals surface area contributed by atoms with E-state index < -0.39 is 0 Å². The van der Waals surface area contributed by atoms with E-state index in [9.17, 15) is 0 Å². The normalized spacial score (nSPS) is 17.1. The molecule has 0 aromatic heterocycles. The molecule has 1 aliphatic carbocycles. The third-order valence-electron chi connectivity index (χ3n) is 4.14. The highest BCUT2D eigenvalue weighted by molar-refractivity contribution is 5.29. The van der Waals surface area contributed by atoms with Crippen LogP contribution in [0, 0.1) is 19.3 Å². The van der Waals surface area contributed by atoms with Gasteiger partial charge in [0.05, 0.1) is 0 Å². The predicted octanol–water partition coefficient (Wildman–Crippen LogP) is 3.97. The van der Waals surface area contributed by atoms with Crippen LogP contribution in [-0.2, 0) is 6.54 Å². The van der Waals surface area contributed by atoms with Gasteiger partial charge in [-0.05, 0) is 55.2 Å². The third kappa shape index (κ3) is 3.32. The Kier molecular flexibility index (Phi) is 3.88. The largest absolute Gasteiger partial charge is 0.312 e. The Balaban J connectivity index is 1.80. The lowest BCUT2D eigenvalue weighted by Gasteiger charge is -2.15. The maximum absolute atomic E-state index is 3.64. The lowest BCUT2D eigenvalue weighted by molar-refractivity contribution is 0.421. The molecule has 0 saturated heterocycles. The molecule has 0 bridgehead atoms. The third-order valence-corrected chi connectivity index (χ3v) is 4.14. The van der Waals surface area contributed by atoms with Crippen LogP contribution in [0.2, 0.25) is 0 Å². The minimum atomic E-state index is 0.661. The van der Waals surface area contributed by atoms with E-state index in [0.717, 1.165) is 6.54 Å². The quantitative estimate of drug-likeness (QED) is 0.781. The Morgan fingerprint density at radius 1 is 1.18 bits per heavy atom. The van der Waals surface area contributed by atoms with Crippen LogP contribution >= 0.6 is 0 Å². The highest BCUT2D eigenvalue weighted by Gasteiger charge is 2.40. The van der Waals surface area contributed by atoms with E-state index in [1.54, 1.807) is 0 Å². The molecule has 0 atom stereocenters. The van der Waals surface area contributed by atoms with Gasteiger partial charge in [-0.15, -0.1) is 0 Å². The maximum Gasteiger partial charge on any atom is 0.0205 e. The average Bonchev–Trinajstić information content (AvgIpc) is 3.04. The Hall–Kier alpha value is -0.820. The van der Waals surface area contributed by atoms with Gasteiger partial charge in [-0.2, -0.15) is 0 Å². The molecule has 1 heteroatoms. The number of aryl methyl sites for hydroxylation is 2. The second-order valence-electron chi connectivity index (χ2n) is 5.77. The summed E-state index contributed by atoms with van der Waals surface area (Å²) < 4.78 is 0. The predicted molar refractivity (Wildman–Crippen MR) is 74.2 cm³/mol. The van der Waals surface area contributed by atoms with Gasteiger partial charge in [0.25, 0.3) is 0 Å². The van der Waals surface area contributed by atoms with E-state index in [1.807, 2.05) is 0 Å². The van der Waals surface area contributed by atoms with Crippen LogP contribution in [-0.4, -0.2) is 6.54 Å². The first-order chi connectivity index (χ1) is 8.15. The monoisotopic (exact) mass is 231 g/mol. The minimum Gasteiger partial charge on any atom is -0.312 e. The molecule has 0 heterocycles. The van der Waals surface area contributed by atoms with E-state index in [-0.39, 0.29) is 0 Å². The molecule has 0 radical (unpaired) electrons. The van der Waals surface area contributed by atoms with Crippen LogP contribution < -0.4 is 5.32 Å². The Bertz CT molecular complexity index is 377. The summed E-state index contributed by atoms with van der Waals surface area (Å²) in [6, 6.07) is 6.78. The standard InChI is InChI=1S/C16H25N/c1-4-7-16(8-9-16)12-17-11-15-6-5-13(2)14(3)10-15/h5-6,10,17H,4,7-9,11-12H2,1-3H3. The molecule has 0 amide bonds. The SMILES string of the molecule is CCCC1(CNCc2ccc(C)c(C)c2)CC1. The van der Waals surface area contributed by atoms with Crippen molar-refractivity contribution in [2.24, 2.45) is 5.41 Å². The molecule has 0 spiro atoms. The molecule has 1 aromatic rings. The number of benzene rings is 1. The van der Waals surface area contributed by atoms with Crippen molar-refractivity contribution in [3.8, 4) is 0 Å². The molecule has 0 unspecified atom stereocenters. The first kappa shape index (κ1) is 12.6. The van der Waals surface area contributed by atoms with Crippen molar-refractivity contribution in [2.75, 3.05) is 6.54 Å². The second kappa shape index (κ2) is 5.22. The van der Waals surface area contributed by atoms with Crippen molar-refractivity contribution < 1.29 is 0 Å². The molecule has 0 aliphatic heterocycles. The molecule has 2 rings (SSSR count). The van der Waals surface area contributed by atoms with Crippen molar-refractivity contribution in [1.29, 1.82) is 0 Å². The van der Waals surface area contributed by atoms with Gasteiger partial charge in [0.1, 0.15) is 0 Å². The zero-order valence-electron chi connectivity index (χ0n) is 11.5. The highest BCUT2D eigenvalue weighted by atomic mass is 14.9. The van der Waals surface area contributed by atoms with Gasteiger partial charge in [0.2, 0.25) is 0 Å². The van der Waals surface area contributed by atoms with E-state index in [4.69, 9.17) is 0 Å². The van der Waals surface area contributed by atoms with Gasteiger partial charge in [-0.3, -0.25) is 0 Å². The Morgan fingerprint density at radius 3 is 2.53 bits per heavy atom. The summed E-state index contributed by atoms with van der Waals surface area (Å²) in [4.78, 5) is 0. The van der Waals surface area contributed by atoms with Crippen LogP contribution in [0.3, 0.4) is 0 Å². The summed E-state index contributed by atoms with van der Waals surface area (Å²) in [5.41, 5.74) is 4.87. The van der Waals surface area contributed by atoms with E-state index >= 15 is 0 Å². The van der Waals surface area contributed by atoms with Gasteiger partial charge < -0.3 is 5.32 Å². The van der Waals surface area contributed by atoms with Crippen LogP contribution in [0.25, 0.3) is 0 Å². The van der Waals surface area contributed by atoms with Crippen molar-refractivity contribution >= 4 is 0 Å². The summed E-state index contributed by atoms with van der Waals surface area (Å²) in [5, 5.41) is 3.64. The van der Waals surface area contributed by atoms with E-state index in [2.05, 4.69) is 44.3 Å². The lowest BCUT2D eigenvalue weighted by Crippen LogP contribution is -2.23. The fourth-order valence-electron chi connectivity index (χ4n) is 2.61. The van der Waals surface area contributed by atoms with Crippen LogP contribution in [0.5, 0.6) is 0 Å². The molecular formula is C16H25N. The Morgan fingerprint density at radius 2 is 1.94 bits per heavy atom. The molecule has 1 aliphatic rings. The highest BCUT2D eigenvalue weighted by Crippen LogP contribution is 2.48. The molecule has 1 fully saturated rings. The smallest absolute Gasteiger partial charge is 0.0205 e. The molecule has 1 aromatic carbocycles. The summed E-state index contributed by atoms with van der Waals surface area (Å²) >= 11 is 0. The fourth-order valence-corrected chi connectivity index (χ4v) is 2.61. The van der Waals surface area contributed by atoms with Crippen molar-refractivity contribution in [3.05, 3.63) is 34.9 Å². The van der Waals surface area contributed by atoms with E-state index in [0.29, 0.717) is 5.41 Å². The van der Waals surface area contributed by atoms with Gasteiger partial charge in [-0.1, -0.05) is 31.5 Å². The van der Waals surface area contributed by atoms with E-state index in [1.165, 1.54) is 48.9 Å². The molecule has 1 nitrogen and oxygen atoms in total. The van der Waals surface area contributed by atoms with Gasteiger partial charge in [-0.25, -0.2) is 0 Å². The second-order valence-corrected chi connectivity index (χ2v) is 5.77. The van der Waals surface area contributed by atoms with Crippen molar-refractivity contribution in [2.45, 2.75) is 53.0 Å². The van der Waals surface area contributed by atoms with Crippen molar-refractivity contribution in [3.63, 3.8) is 0 Å². The summed E-state index contributed by atoms with van der Waals surface area (Å²) in [6.45, 7) is 8.88. The van der Waals surface area contributed by atoms with Gasteiger partial charge in [0.15, 0.2) is 0 Å². The molecule has 94 valence electrons. The molecule has 17 heavy (non-hydrogen) atoms. The number of rotatable bonds is 6. The first-order valence-corrected chi connectivity index (χ1v) is 6.92. The summed E-state index contributed by atoms with van der Waals surface area (Å²) in [5.74, 6) is 0. The lowest BCUT2D eigenvalue weighted by atomic mass is 10.0. The molecule has 1 N–H and O–H groups in total. The number of hydrogen-bond acceptors (Lipinski definition) is 1. The maximum atomic E-state index is 3.64. The minimum absolute atomic E-state index is 0.661. The number of hydrogen-bond donors (Lipinski definition) is 1. The van der Waals surface area contributed by atoms with Gasteiger partial charge in [0, 0.05) is 13.1 Å². The van der Waals surface area contributed by atoms with Crippen LogP contribution in [0.1, 0.15) is 49.3 Å². The van der Waals surface area contributed by atoms with Crippen LogP contribution in [0.15, 0.2) is 18.2 Å². The van der Waals surface area contributed by atoms with Gasteiger partial charge >= 0.3 is 0 Å². The zero-order chi connectivity index (χ0) is 12.3. The first-order valence-electron chi connectivity index (χ1n) is 6.92. The number of nitrogens with one attached hydrogen (secondary N) is 1. The topological polar surface area (TPSA) is 12.0 Å². The summed E-state index contributed by atoms with van der Waals surface area (Å²) in [6.07, 6.45) is 5.58. The molecular weight excluding hydrogens is 206 g/mol. The van der Waals surface area contributed by atoms with Crippen molar-refractivity contribution in [1.82, 2.24) is 5.32 Å². The fraction of sp³-hybridized carbons (Fsp3) is 0.625. The summed E-state index contributed by atoms with van der Waals surface area (Å²) in [7, 11) is 0.